The number of carbonyl (C=O) groups is 4. The number of para-hydroxylation sites is 1. The van der Waals surface area contributed by atoms with Crippen molar-refractivity contribution in [3.8, 4) is 0 Å². The number of imide groups is 1. The first-order valence-corrected chi connectivity index (χ1v) is 17.1. The third-order valence-electron chi connectivity index (χ3n) is 9.32. The number of ether oxygens (including phenoxy) is 1. The molecule has 2 aliphatic heterocycles. The van der Waals surface area contributed by atoms with Gasteiger partial charge in [0.15, 0.2) is 6.04 Å². The van der Waals surface area contributed by atoms with Crippen molar-refractivity contribution >= 4 is 35.3 Å². The van der Waals surface area contributed by atoms with E-state index in [0.717, 1.165) is 35.1 Å². The number of alkyl halides is 3. The second-order valence-corrected chi connectivity index (χ2v) is 12.8. The van der Waals surface area contributed by atoms with Crippen molar-refractivity contribution in [2.24, 2.45) is 4.99 Å². The molecule has 0 radical (unpaired) electrons. The van der Waals surface area contributed by atoms with Crippen LogP contribution in [0.1, 0.15) is 53.0 Å². The van der Waals surface area contributed by atoms with E-state index in [-0.39, 0.29) is 52.5 Å². The molecule has 2 aliphatic rings. The molecule has 0 unspecified atom stereocenters. The summed E-state index contributed by atoms with van der Waals surface area (Å²) in [6, 6.07) is 26.7. The van der Waals surface area contributed by atoms with Gasteiger partial charge in [-0.25, -0.2) is 14.5 Å². The number of aliphatic carboxylic acids is 1. The smallest absolute Gasteiger partial charge is 0.416 e. The average molecular weight is 784 g/mol. The first-order chi connectivity index (χ1) is 25.5. The zero-order valence-corrected chi connectivity index (χ0v) is 29.8. The molecule has 6 rings (SSSR count). The summed E-state index contributed by atoms with van der Waals surface area (Å²) in [5.41, 5.74) is 0.976. The van der Waals surface area contributed by atoms with Crippen molar-refractivity contribution in [1.82, 2.24) is 9.80 Å². The van der Waals surface area contributed by atoms with Gasteiger partial charge >= 0.3 is 18.2 Å². The molecule has 14 heteroatoms. The number of benzene rings is 4. The van der Waals surface area contributed by atoms with Gasteiger partial charge in [0.25, 0.3) is 0 Å². The number of cyclic esters (lactones) is 1. The van der Waals surface area contributed by atoms with E-state index in [4.69, 9.17) is 4.74 Å². The Morgan fingerprint density at radius 2 is 1.59 bits per heavy atom. The van der Waals surface area contributed by atoms with Crippen molar-refractivity contribution in [3.05, 3.63) is 142 Å². The number of amides is 3. The van der Waals surface area contributed by atoms with Gasteiger partial charge in [-0.2, -0.15) is 13.2 Å². The number of hydrogen-bond donors (Lipinski definition) is 1. The predicted octanol–water partition coefficient (Wildman–Crippen LogP) is 7.34. The normalized spacial score (nSPS) is 17.3. The number of rotatable bonds is 12. The zero-order chi connectivity index (χ0) is 37.5. The molecule has 10 nitrogen and oxygen atoms in total. The molecule has 0 aromatic heterocycles. The number of carbonyl (C=O) groups excluding carboxylic acids is 3. The molecule has 4 aromatic rings. The molecular weight excluding hydrogens is 748 g/mol. The number of carboxylic acids is 1. The molecule has 4 aromatic carbocycles. The van der Waals surface area contributed by atoms with Gasteiger partial charge in [0, 0.05) is 40.9 Å². The molecule has 2 saturated heterocycles. The van der Waals surface area contributed by atoms with Crippen LogP contribution in [-0.4, -0.2) is 76.3 Å². The fraction of sp³-hybridized carbons (Fsp3) is 0.275. The van der Waals surface area contributed by atoms with Gasteiger partial charge in [0.05, 0.1) is 29.8 Å². The number of halogens is 3. The Morgan fingerprint density at radius 1 is 0.907 bits per heavy atom. The van der Waals surface area contributed by atoms with Gasteiger partial charge in [-0.15, -0.1) is 5.69 Å². The third kappa shape index (κ3) is 9.42. The summed E-state index contributed by atoms with van der Waals surface area (Å²) in [5.74, 6) is -4.18. The van der Waals surface area contributed by atoms with Crippen LogP contribution in [-0.2, 0) is 48.3 Å². The minimum Gasteiger partial charge on any atom is -0.625 e. The van der Waals surface area contributed by atoms with E-state index in [1.165, 1.54) is 6.07 Å². The maximum atomic E-state index is 13.9. The minimum absolute atomic E-state index is 0. The van der Waals surface area contributed by atoms with Gasteiger partial charge < -0.3 is 20.0 Å². The van der Waals surface area contributed by atoms with E-state index in [9.17, 15) is 37.5 Å². The fourth-order valence-corrected chi connectivity index (χ4v) is 6.71. The standard InChI is InChI=1S/C40H37F3N4O6.Ni/c41-40(42,43)29-16-9-15-28(23-29)31(24-34(48)47-21-22-53-39(47)52)36(38(50)51)45-35(27-13-5-2-6-14-27)30-17-7-8-18-32(30)44-37(49)33-19-10-20-46(33)25-26-11-3-1-4-12-26;/h1-9,11-18,23,31,33,36H,10,19-22,24-25H2,(H2,44,45,49,50,51);/p-1/t31-,33-,36+;/m0./s1. The second-order valence-electron chi connectivity index (χ2n) is 12.8. The van der Waals surface area contributed by atoms with Gasteiger partial charge in [-0.3, -0.25) is 14.7 Å². The van der Waals surface area contributed by atoms with Crippen molar-refractivity contribution in [2.45, 2.75) is 50.0 Å². The van der Waals surface area contributed by atoms with Crippen LogP contribution in [0.2, 0.25) is 0 Å². The third-order valence-corrected chi connectivity index (χ3v) is 9.32. The van der Waals surface area contributed by atoms with Crippen LogP contribution >= 0.6 is 0 Å². The summed E-state index contributed by atoms with van der Waals surface area (Å²) in [6.45, 7) is 1.12. The largest absolute Gasteiger partial charge is 0.625 e. The Morgan fingerprint density at radius 3 is 2.26 bits per heavy atom. The molecule has 284 valence electrons. The SMILES string of the molecule is O=C(O)[C@H](N=C(c1ccccc1)c1ccccc1[N-]C(=O)[C@@H]1CCCN1Cc1ccccc1)[C@@H](CC(=O)N1CCOC1=O)c1cccc(C(F)(F)F)c1.[Ni]. The molecule has 3 amide bonds. The fourth-order valence-electron chi connectivity index (χ4n) is 6.71. The molecular formula is C40H36F3N4NiO6-. The first-order valence-electron chi connectivity index (χ1n) is 17.1. The minimum atomic E-state index is -4.76. The Balaban J connectivity index is 0.00000561. The van der Waals surface area contributed by atoms with E-state index < -0.39 is 54.1 Å². The van der Waals surface area contributed by atoms with Crippen LogP contribution < -0.4 is 0 Å². The maximum Gasteiger partial charge on any atom is 0.416 e. The maximum absolute atomic E-state index is 13.9. The Hall–Kier alpha value is -5.33. The van der Waals surface area contributed by atoms with Crippen molar-refractivity contribution in [2.75, 3.05) is 19.7 Å². The van der Waals surface area contributed by atoms with Crippen molar-refractivity contribution in [3.63, 3.8) is 0 Å². The molecule has 0 spiro atoms. The van der Waals surface area contributed by atoms with Crippen LogP contribution in [0.4, 0.5) is 23.7 Å². The predicted molar refractivity (Wildman–Crippen MR) is 190 cm³/mol. The van der Waals surface area contributed by atoms with Crippen LogP contribution in [0, 0.1) is 0 Å². The molecule has 54 heavy (non-hydrogen) atoms. The molecule has 0 aliphatic carbocycles. The van der Waals surface area contributed by atoms with Crippen LogP contribution in [0.15, 0.2) is 114 Å². The summed E-state index contributed by atoms with van der Waals surface area (Å²) >= 11 is 0. The van der Waals surface area contributed by atoms with Crippen LogP contribution in [0.3, 0.4) is 0 Å². The van der Waals surface area contributed by atoms with E-state index in [0.29, 0.717) is 30.6 Å². The molecule has 1 N–H and O–H groups in total. The summed E-state index contributed by atoms with van der Waals surface area (Å²) in [4.78, 5) is 60.2. The molecule has 0 saturated carbocycles. The van der Waals surface area contributed by atoms with E-state index >= 15 is 0 Å². The molecule has 0 bridgehead atoms. The van der Waals surface area contributed by atoms with E-state index in [2.05, 4.69) is 15.2 Å². The molecule has 3 atom stereocenters. The van der Waals surface area contributed by atoms with Gasteiger partial charge in [-0.1, -0.05) is 103 Å². The Kier molecular flexibility index (Phi) is 13.0. The number of aliphatic imine (C=N–C) groups is 1. The van der Waals surface area contributed by atoms with Gasteiger partial charge in [0.1, 0.15) is 6.61 Å². The summed E-state index contributed by atoms with van der Waals surface area (Å²) in [7, 11) is 0. The van der Waals surface area contributed by atoms with Gasteiger partial charge in [-0.05, 0) is 42.1 Å². The van der Waals surface area contributed by atoms with Crippen molar-refractivity contribution < 1.29 is 58.7 Å². The Labute approximate surface area is 319 Å². The Bertz CT molecular complexity index is 2000. The monoisotopic (exact) mass is 783 g/mol. The quantitative estimate of drug-likeness (QED) is 0.118. The van der Waals surface area contributed by atoms with E-state index in [1.807, 2.05) is 30.3 Å². The summed E-state index contributed by atoms with van der Waals surface area (Å²) in [6.07, 6.45) is -4.94. The average Bonchev–Trinajstić information content (AvgIpc) is 3.81. The number of likely N-dealkylation sites (tertiary alicyclic amines) is 1. The van der Waals surface area contributed by atoms with E-state index in [1.54, 1.807) is 54.6 Å². The summed E-state index contributed by atoms with van der Waals surface area (Å²) in [5, 5.41) is 15.2. The topological polar surface area (TPSA) is 131 Å². The number of carboxylic acid groups (broad SMARTS) is 1. The van der Waals surface area contributed by atoms with Crippen molar-refractivity contribution in [1.29, 1.82) is 0 Å². The van der Waals surface area contributed by atoms with Crippen LogP contribution in [0.25, 0.3) is 5.32 Å². The summed E-state index contributed by atoms with van der Waals surface area (Å²) < 4.78 is 46.5. The molecule has 2 heterocycles. The second kappa shape index (κ2) is 17.7. The first kappa shape index (κ1) is 39.9. The number of hydrogen-bond acceptors (Lipinski definition) is 7. The van der Waals surface area contributed by atoms with Gasteiger partial charge in [0.2, 0.25) is 5.91 Å². The number of nitrogens with zero attached hydrogens (tertiary/aromatic N) is 4. The van der Waals surface area contributed by atoms with Crippen LogP contribution in [0.5, 0.6) is 0 Å². The zero-order valence-electron chi connectivity index (χ0n) is 28.8. The molecule has 2 fully saturated rings.